The van der Waals surface area contributed by atoms with E-state index in [2.05, 4.69) is 16.2 Å². The molecular formula is C14H21N3O2S. The average molecular weight is 295 g/mol. The van der Waals surface area contributed by atoms with Crippen molar-refractivity contribution in [1.29, 1.82) is 0 Å². The van der Waals surface area contributed by atoms with Gasteiger partial charge in [0.1, 0.15) is 5.75 Å². The number of nitrogens with one attached hydrogen (secondary N) is 3. The van der Waals surface area contributed by atoms with Crippen LogP contribution in [0.2, 0.25) is 0 Å². The van der Waals surface area contributed by atoms with Crippen LogP contribution in [0.15, 0.2) is 24.3 Å². The quantitative estimate of drug-likeness (QED) is 0.582. The molecule has 0 aromatic heterocycles. The summed E-state index contributed by atoms with van der Waals surface area (Å²) in [5, 5.41) is 3.33. The van der Waals surface area contributed by atoms with Crippen LogP contribution in [0, 0.1) is 6.92 Å². The van der Waals surface area contributed by atoms with Crippen molar-refractivity contribution in [1.82, 2.24) is 16.2 Å². The summed E-state index contributed by atoms with van der Waals surface area (Å²) in [6, 6.07) is 7.75. The van der Waals surface area contributed by atoms with Gasteiger partial charge in [-0.2, -0.15) is 0 Å². The van der Waals surface area contributed by atoms with Gasteiger partial charge in [-0.3, -0.25) is 15.6 Å². The third kappa shape index (κ3) is 5.88. The molecule has 1 rings (SSSR count). The Morgan fingerprint density at radius 1 is 1.25 bits per heavy atom. The first-order valence-corrected chi connectivity index (χ1v) is 6.89. The predicted octanol–water partition coefficient (Wildman–Crippen LogP) is 1.67. The molecule has 110 valence electrons. The molecule has 0 radical (unpaired) electrons. The van der Waals surface area contributed by atoms with E-state index in [1.54, 1.807) is 6.92 Å². The van der Waals surface area contributed by atoms with Crippen molar-refractivity contribution in [2.24, 2.45) is 0 Å². The van der Waals surface area contributed by atoms with E-state index in [1.807, 2.05) is 45.0 Å². The van der Waals surface area contributed by atoms with Gasteiger partial charge in [0.15, 0.2) is 11.2 Å². The van der Waals surface area contributed by atoms with E-state index in [1.165, 1.54) is 0 Å². The molecule has 20 heavy (non-hydrogen) atoms. The van der Waals surface area contributed by atoms with Gasteiger partial charge in [-0.1, -0.05) is 12.1 Å². The summed E-state index contributed by atoms with van der Waals surface area (Å²) < 4.78 is 5.55. The Balaban J connectivity index is 2.41. The van der Waals surface area contributed by atoms with Crippen LogP contribution in [0.4, 0.5) is 0 Å². The zero-order valence-corrected chi connectivity index (χ0v) is 13.0. The second kappa shape index (κ2) is 7.69. The van der Waals surface area contributed by atoms with Crippen molar-refractivity contribution in [3.63, 3.8) is 0 Å². The minimum absolute atomic E-state index is 0.202. The number of aryl methyl sites for hydroxylation is 1. The molecule has 0 fully saturated rings. The van der Waals surface area contributed by atoms with Crippen LogP contribution in [0.1, 0.15) is 26.3 Å². The average Bonchev–Trinajstić information content (AvgIpc) is 2.35. The zero-order chi connectivity index (χ0) is 15.1. The van der Waals surface area contributed by atoms with Crippen molar-refractivity contribution in [2.75, 3.05) is 0 Å². The fraction of sp³-hybridized carbons (Fsp3) is 0.429. The molecule has 3 N–H and O–H groups in total. The first-order valence-electron chi connectivity index (χ1n) is 6.48. The topological polar surface area (TPSA) is 62.4 Å². The Labute approximate surface area is 125 Å². The molecule has 0 spiro atoms. The summed E-state index contributed by atoms with van der Waals surface area (Å²) >= 11 is 5.00. The lowest BCUT2D eigenvalue weighted by Crippen LogP contribution is -2.51. The second-order valence-corrected chi connectivity index (χ2v) is 5.23. The van der Waals surface area contributed by atoms with Crippen LogP contribution in [-0.4, -0.2) is 23.2 Å². The van der Waals surface area contributed by atoms with Crippen LogP contribution in [0.25, 0.3) is 0 Å². The maximum atomic E-state index is 11.8. The third-order valence-electron chi connectivity index (χ3n) is 2.39. The summed E-state index contributed by atoms with van der Waals surface area (Å²) in [4.78, 5) is 11.8. The summed E-state index contributed by atoms with van der Waals surface area (Å²) in [5.74, 6) is 0.370. The van der Waals surface area contributed by atoms with Gasteiger partial charge in [0, 0.05) is 6.04 Å². The first kappa shape index (κ1) is 16.2. The molecule has 0 bridgehead atoms. The summed E-state index contributed by atoms with van der Waals surface area (Å²) in [5.41, 5.74) is 6.22. The lowest BCUT2D eigenvalue weighted by molar-refractivity contribution is -0.127. The number of amides is 1. The Morgan fingerprint density at radius 3 is 2.55 bits per heavy atom. The van der Waals surface area contributed by atoms with Crippen molar-refractivity contribution in [3.05, 3.63) is 29.8 Å². The number of carbonyl (C=O) groups is 1. The molecule has 1 aromatic rings. The highest BCUT2D eigenvalue weighted by molar-refractivity contribution is 7.80. The minimum atomic E-state index is -0.619. The van der Waals surface area contributed by atoms with Gasteiger partial charge in [0.05, 0.1) is 0 Å². The maximum Gasteiger partial charge on any atom is 0.279 e. The molecule has 1 aromatic carbocycles. The maximum absolute atomic E-state index is 11.8. The van der Waals surface area contributed by atoms with Gasteiger partial charge in [-0.15, -0.1) is 0 Å². The van der Waals surface area contributed by atoms with Gasteiger partial charge in [-0.05, 0) is 57.6 Å². The van der Waals surface area contributed by atoms with Crippen molar-refractivity contribution in [3.8, 4) is 5.75 Å². The number of benzene rings is 1. The minimum Gasteiger partial charge on any atom is -0.481 e. The number of ether oxygens (including phenoxy) is 1. The monoisotopic (exact) mass is 295 g/mol. The number of hydrogen-bond donors (Lipinski definition) is 3. The fourth-order valence-electron chi connectivity index (χ4n) is 1.46. The van der Waals surface area contributed by atoms with Crippen molar-refractivity contribution >= 4 is 23.2 Å². The van der Waals surface area contributed by atoms with E-state index in [0.717, 1.165) is 5.56 Å². The number of rotatable bonds is 4. The highest BCUT2D eigenvalue weighted by atomic mass is 32.1. The van der Waals surface area contributed by atoms with Crippen molar-refractivity contribution < 1.29 is 9.53 Å². The Hall–Kier alpha value is -1.82. The summed E-state index contributed by atoms with van der Waals surface area (Å²) in [7, 11) is 0. The third-order valence-corrected chi connectivity index (χ3v) is 2.61. The van der Waals surface area contributed by atoms with E-state index in [-0.39, 0.29) is 11.9 Å². The van der Waals surface area contributed by atoms with Crippen LogP contribution in [0.5, 0.6) is 5.75 Å². The van der Waals surface area contributed by atoms with E-state index in [0.29, 0.717) is 10.9 Å². The molecule has 1 unspecified atom stereocenters. The van der Waals surface area contributed by atoms with E-state index < -0.39 is 6.10 Å². The molecule has 1 amide bonds. The summed E-state index contributed by atoms with van der Waals surface area (Å²) in [6.07, 6.45) is -0.619. The molecule has 0 heterocycles. The standard InChI is InChI=1S/C14H21N3O2S/c1-9(2)15-14(20)17-16-13(18)11(4)19-12-7-5-6-10(3)8-12/h5-9,11H,1-4H3,(H,16,18)(H2,15,17,20). The SMILES string of the molecule is Cc1cccc(OC(C)C(=O)NNC(=S)NC(C)C)c1. The summed E-state index contributed by atoms with van der Waals surface area (Å²) in [6.45, 7) is 7.56. The molecule has 0 saturated carbocycles. The highest BCUT2D eigenvalue weighted by Gasteiger charge is 2.14. The van der Waals surface area contributed by atoms with Crippen molar-refractivity contribution in [2.45, 2.75) is 39.8 Å². The van der Waals surface area contributed by atoms with Crippen LogP contribution in [0.3, 0.4) is 0 Å². The molecule has 0 aliphatic heterocycles. The van der Waals surface area contributed by atoms with Gasteiger partial charge in [-0.25, -0.2) is 0 Å². The molecule has 5 nitrogen and oxygen atoms in total. The molecule has 0 saturated heterocycles. The Bertz CT molecular complexity index is 477. The largest absolute Gasteiger partial charge is 0.481 e. The number of hydrogen-bond acceptors (Lipinski definition) is 3. The lowest BCUT2D eigenvalue weighted by atomic mass is 10.2. The van der Waals surface area contributed by atoms with Gasteiger partial charge in [0.2, 0.25) is 0 Å². The fourth-order valence-corrected chi connectivity index (χ4v) is 1.75. The van der Waals surface area contributed by atoms with Gasteiger partial charge in [0.25, 0.3) is 5.91 Å². The lowest BCUT2D eigenvalue weighted by Gasteiger charge is -2.17. The van der Waals surface area contributed by atoms with E-state index >= 15 is 0 Å². The predicted molar refractivity (Wildman–Crippen MR) is 83.4 cm³/mol. The van der Waals surface area contributed by atoms with E-state index in [9.17, 15) is 4.79 Å². The normalized spacial score (nSPS) is 11.7. The molecule has 0 aliphatic carbocycles. The second-order valence-electron chi connectivity index (χ2n) is 4.82. The molecule has 6 heteroatoms. The number of thiocarbonyl (C=S) groups is 1. The Morgan fingerprint density at radius 2 is 1.95 bits per heavy atom. The van der Waals surface area contributed by atoms with Crippen LogP contribution in [-0.2, 0) is 4.79 Å². The smallest absolute Gasteiger partial charge is 0.279 e. The van der Waals surface area contributed by atoms with Gasteiger partial charge < -0.3 is 10.1 Å². The molecular weight excluding hydrogens is 274 g/mol. The first-order chi connectivity index (χ1) is 9.38. The van der Waals surface area contributed by atoms with Crippen LogP contribution < -0.4 is 20.9 Å². The highest BCUT2D eigenvalue weighted by Crippen LogP contribution is 2.13. The molecule has 0 aliphatic rings. The molecule has 1 atom stereocenters. The van der Waals surface area contributed by atoms with Gasteiger partial charge >= 0.3 is 0 Å². The Kier molecular flexibility index (Phi) is 6.24. The zero-order valence-electron chi connectivity index (χ0n) is 12.2. The van der Waals surface area contributed by atoms with E-state index in [4.69, 9.17) is 17.0 Å². The number of hydrazine groups is 1. The van der Waals surface area contributed by atoms with Crippen LogP contribution >= 0.6 is 12.2 Å². The number of carbonyl (C=O) groups excluding carboxylic acids is 1.